The van der Waals surface area contributed by atoms with Crippen molar-refractivity contribution in [1.82, 2.24) is 4.90 Å². The number of carbonyl (C=O) groups excluding carboxylic acids is 2. The van der Waals surface area contributed by atoms with Crippen LogP contribution in [0.4, 0.5) is 11.4 Å². The third kappa shape index (κ3) is 7.05. The number of amides is 2. The highest BCUT2D eigenvalue weighted by Gasteiger charge is 2.07. The van der Waals surface area contributed by atoms with Crippen LogP contribution in [0.1, 0.15) is 6.92 Å². The van der Waals surface area contributed by atoms with Crippen LogP contribution in [0.2, 0.25) is 0 Å². The number of para-hydroxylation sites is 1. The van der Waals surface area contributed by atoms with Crippen molar-refractivity contribution in [2.75, 3.05) is 37.4 Å². The molecule has 2 aromatic rings. The molecule has 0 saturated heterocycles. The fourth-order valence-corrected chi connectivity index (χ4v) is 2.20. The minimum atomic E-state index is -0.129. The molecule has 0 saturated carbocycles. The van der Waals surface area contributed by atoms with Crippen molar-refractivity contribution in [2.24, 2.45) is 0 Å². The summed E-state index contributed by atoms with van der Waals surface area (Å²) in [6.45, 7) is 2.88. The van der Waals surface area contributed by atoms with Gasteiger partial charge in [-0.2, -0.15) is 0 Å². The van der Waals surface area contributed by atoms with Crippen LogP contribution < -0.4 is 15.4 Å². The van der Waals surface area contributed by atoms with Gasteiger partial charge in [0.05, 0.1) is 6.54 Å². The van der Waals surface area contributed by atoms with Gasteiger partial charge in [-0.25, -0.2) is 0 Å². The van der Waals surface area contributed by atoms with Gasteiger partial charge in [0, 0.05) is 24.8 Å². The van der Waals surface area contributed by atoms with Crippen LogP contribution in [0.25, 0.3) is 0 Å². The van der Waals surface area contributed by atoms with E-state index in [1.165, 1.54) is 6.92 Å². The molecule has 2 amide bonds. The van der Waals surface area contributed by atoms with E-state index >= 15 is 0 Å². The molecule has 6 heteroatoms. The second-order valence-electron chi connectivity index (χ2n) is 5.71. The van der Waals surface area contributed by atoms with Gasteiger partial charge in [-0.05, 0) is 43.4 Å². The van der Waals surface area contributed by atoms with E-state index in [2.05, 4.69) is 10.6 Å². The van der Waals surface area contributed by atoms with Crippen molar-refractivity contribution in [1.29, 1.82) is 0 Å². The standard InChI is InChI=1S/C19H23N3O3/c1-15(23)20-16-8-10-17(11-9-16)21-19(24)14-22(2)12-13-25-18-6-4-3-5-7-18/h3-11H,12-14H2,1-2H3,(H,20,23)(H,21,24). The first-order chi connectivity index (χ1) is 12.0. The summed E-state index contributed by atoms with van der Waals surface area (Å²) in [6, 6.07) is 16.6. The van der Waals surface area contributed by atoms with Crippen molar-refractivity contribution in [3.63, 3.8) is 0 Å². The van der Waals surface area contributed by atoms with Crippen molar-refractivity contribution in [3.05, 3.63) is 54.6 Å². The van der Waals surface area contributed by atoms with E-state index in [1.807, 2.05) is 42.3 Å². The topological polar surface area (TPSA) is 70.7 Å². The molecule has 0 aromatic heterocycles. The molecule has 0 heterocycles. The average molecular weight is 341 g/mol. The van der Waals surface area contributed by atoms with E-state index in [4.69, 9.17) is 4.74 Å². The fourth-order valence-electron chi connectivity index (χ4n) is 2.20. The van der Waals surface area contributed by atoms with Gasteiger partial charge in [-0.1, -0.05) is 18.2 Å². The third-order valence-electron chi connectivity index (χ3n) is 3.39. The Kier molecular flexibility index (Phi) is 6.98. The first-order valence-electron chi connectivity index (χ1n) is 8.07. The summed E-state index contributed by atoms with van der Waals surface area (Å²) in [5, 5.41) is 5.51. The molecule has 0 bridgehead atoms. The van der Waals surface area contributed by atoms with Crippen LogP contribution >= 0.6 is 0 Å². The number of carbonyl (C=O) groups is 2. The summed E-state index contributed by atoms with van der Waals surface area (Å²) in [5.74, 6) is 0.588. The van der Waals surface area contributed by atoms with Crippen molar-refractivity contribution in [2.45, 2.75) is 6.92 Å². The Balaban J connectivity index is 1.71. The number of nitrogens with one attached hydrogen (secondary N) is 2. The Morgan fingerprint density at radius 3 is 2.16 bits per heavy atom. The molecule has 0 aliphatic carbocycles. The van der Waals surface area contributed by atoms with Gasteiger partial charge >= 0.3 is 0 Å². The van der Waals surface area contributed by atoms with E-state index in [9.17, 15) is 9.59 Å². The molecular weight excluding hydrogens is 318 g/mol. The predicted octanol–water partition coefficient (Wildman–Crippen LogP) is 2.59. The average Bonchev–Trinajstić information content (AvgIpc) is 2.57. The maximum atomic E-state index is 12.1. The number of nitrogens with zero attached hydrogens (tertiary/aromatic N) is 1. The number of ether oxygens (including phenoxy) is 1. The summed E-state index contributed by atoms with van der Waals surface area (Å²) < 4.78 is 5.61. The van der Waals surface area contributed by atoms with E-state index in [0.29, 0.717) is 24.5 Å². The highest BCUT2D eigenvalue weighted by molar-refractivity contribution is 5.93. The van der Waals surface area contributed by atoms with Crippen LogP contribution in [0.15, 0.2) is 54.6 Å². The fraction of sp³-hybridized carbons (Fsp3) is 0.263. The Bertz CT molecular complexity index is 687. The van der Waals surface area contributed by atoms with E-state index < -0.39 is 0 Å². The number of benzene rings is 2. The smallest absolute Gasteiger partial charge is 0.238 e. The molecule has 2 rings (SSSR count). The van der Waals surface area contributed by atoms with Crippen molar-refractivity contribution < 1.29 is 14.3 Å². The van der Waals surface area contributed by atoms with Gasteiger partial charge < -0.3 is 15.4 Å². The molecule has 0 aliphatic heterocycles. The number of hydrogen-bond acceptors (Lipinski definition) is 4. The van der Waals surface area contributed by atoms with E-state index in [1.54, 1.807) is 24.3 Å². The van der Waals surface area contributed by atoms with Crippen LogP contribution in [-0.4, -0.2) is 43.5 Å². The van der Waals surface area contributed by atoms with Crippen LogP contribution in [-0.2, 0) is 9.59 Å². The van der Waals surface area contributed by atoms with Crippen LogP contribution in [0.5, 0.6) is 5.75 Å². The van der Waals surface area contributed by atoms with E-state index in [0.717, 1.165) is 5.75 Å². The summed E-state index contributed by atoms with van der Waals surface area (Å²) in [6.07, 6.45) is 0. The first kappa shape index (κ1) is 18.5. The van der Waals surface area contributed by atoms with Gasteiger partial charge in [0.15, 0.2) is 0 Å². The lowest BCUT2D eigenvalue weighted by Gasteiger charge is -2.16. The summed E-state index contributed by atoms with van der Waals surface area (Å²) in [4.78, 5) is 24.9. The maximum Gasteiger partial charge on any atom is 0.238 e. The molecule has 0 atom stereocenters. The van der Waals surface area contributed by atoms with Gasteiger partial charge in [0.1, 0.15) is 12.4 Å². The maximum absolute atomic E-state index is 12.1. The molecule has 0 aliphatic rings. The zero-order valence-electron chi connectivity index (χ0n) is 14.5. The lowest BCUT2D eigenvalue weighted by atomic mass is 10.2. The highest BCUT2D eigenvalue weighted by Crippen LogP contribution is 2.13. The van der Waals surface area contributed by atoms with Crippen LogP contribution in [0.3, 0.4) is 0 Å². The largest absolute Gasteiger partial charge is 0.492 e. The quantitative estimate of drug-likeness (QED) is 0.774. The predicted molar refractivity (Wildman–Crippen MR) is 98.8 cm³/mol. The first-order valence-corrected chi connectivity index (χ1v) is 8.07. The summed E-state index contributed by atoms with van der Waals surface area (Å²) in [7, 11) is 1.87. The zero-order valence-corrected chi connectivity index (χ0v) is 14.5. The molecule has 0 spiro atoms. The SMILES string of the molecule is CC(=O)Nc1ccc(NC(=O)CN(C)CCOc2ccccc2)cc1. The molecule has 0 radical (unpaired) electrons. The lowest BCUT2D eigenvalue weighted by molar-refractivity contribution is -0.117. The molecule has 25 heavy (non-hydrogen) atoms. The Morgan fingerprint density at radius 2 is 1.56 bits per heavy atom. The van der Waals surface area contributed by atoms with Gasteiger partial charge in [0.2, 0.25) is 11.8 Å². The van der Waals surface area contributed by atoms with Crippen molar-refractivity contribution >= 4 is 23.2 Å². The van der Waals surface area contributed by atoms with Gasteiger partial charge in [-0.3, -0.25) is 14.5 Å². The molecule has 6 nitrogen and oxygen atoms in total. The van der Waals surface area contributed by atoms with Crippen molar-refractivity contribution in [3.8, 4) is 5.75 Å². The molecular formula is C19H23N3O3. The van der Waals surface area contributed by atoms with E-state index in [-0.39, 0.29) is 18.4 Å². The Hall–Kier alpha value is -2.86. The minimum Gasteiger partial charge on any atom is -0.492 e. The molecule has 0 unspecified atom stereocenters. The Labute approximate surface area is 147 Å². The zero-order chi connectivity index (χ0) is 18.1. The van der Waals surface area contributed by atoms with Crippen LogP contribution in [0, 0.1) is 0 Å². The second kappa shape index (κ2) is 9.44. The number of anilines is 2. The number of likely N-dealkylation sites (N-methyl/N-ethyl adjacent to an activating group) is 1. The Morgan fingerprint density at radius 1 is 0.960 bits per heavy atom. The highest BCUT2D eigenvalue weighted by atomic mass is 16.5. The van der Waals surface area contributed by atoms with Gasteiger partial charge in [-0.15, -0.1) is 0 Å². The normalized spacial score (nSPS) is 10.4. The molecule has 132 valence electrons. The number of hydrogen-bond donors (Lipinski definition) is 2. The third-order valence-corrected chi connectivity index (χ3v) is 3.39. The summed E-state index contributed by atoms with van der Waals surface area (Å²) >= 11 is 0. The molecule has 2 aromatic carbocycles. The summed E-state index contributed by atoms with van der Waals surface area (Å²) in [5.41, 5.74) is 1.38. The molecule has 0 fully saturated rings. The monoisotopic (exact) mass is 341 g/mol. The number of rotatable bonds is 8. The second-order valence-corrected chi connectivity index (χ2v) is 5.71. The minimum absolute atomic E-state index is 0.102. The lowest BCUT2D eigenvalue weighted by Crippen LogP contribution is -2.33. The molecule has 2 N–H and O–H groups in total. The van der Waals surface area contributed by atoms with Gasteiger partial charge in [0.25, 0.3) is 0 Å².